The first kappa shape index (κ1) is 21.4. The molecule has 1 saturated heterocycles. The van der Waals surface area contributed by atoms with Gasteiger partial charge in [-0.2, -0.15) is 0 Å². The highest BCUT2D eigenvalue weighted by atomic mass is 35.5. The predicted octanol–water partition coefficient (Wildman–Crippen LogP) is 4.72. The molecule has 0 unspecified atom stereocenters. The number of aryl methyl sites for hydroxylation is 1. The van der Waals surface area contributed by atoms with Gasteiger partial charge in [-0.3, -0.25) is 9.59 Å². The summed E-state index contributed by atoms with van der Waals surface area (Å²) in [6, 6.07) is 17.7. The van der Waals surface area contributed by atoms with Crippen LogP contribution in [0.3, 0.4) is 0 Å². The molecule has 0 aromatic heterocycles. The Balaban J connectivity index is 1.39. The molecule has 2 aromatic carbocycles. The lowest BCUT2D eigenvalue weighted by molar-refractivity contribution is -0.122. The number of rotatable bonds is 7. The smallest absolute Gasteiger partial charge is 0.255 e. The summed E-state index contributed by atoms with van der Waals surface area (Å²) < 4.78 is 0. The number of hydrogen-bond acceptors (Lipinski definition) is 2. The van der Waals surface area contributed by atoms with Crippen molar-refractivity contribution in [1.29, 1.82) is 0 Å². The maximum Gasteiger partial charge on any atom is 0.255 e. The molecule has 4 nitrogen and oxygen atoms in total. The van der Waals surface area contributed by atoms with E-state index in [0.717, 1.165) is 25.7 Å². The van der Waals surface area contributed by atoms with Crippen LogP contribution in [0, 0.1) is 5.92 Å². The molecule has 1 heterocycles. The molecule has 0 bridgehead atoms. The molecule has 29 heavy (non-hydrogen) atoms. The zero-order valence-corrected chi connectivity index (χ0v) is 17.7. The molecule has 0 saturated carbocycles. The minimum Gasteiger partial charge on any atom is -0.354 e. The van der Waals surface area contributed by atoms with Gasteiger partial charge in [0, 0.05) is 25.6 Å². The van der Waals surface area contributed by atoms with Gasteiger partial charge >= 0.3 is 0 Å². The largest absolute Gasteiger partial charge is 0.354 e. The fourth-order valence-electron chi connectivity index (χ4n) is 3.84. The third kappa shape index (κ3) is 6.33. The summed E-state index contributed by atoms with van der Waals surface area (Å²) in [6.45, 7) is 3.41. The second-order valence-electron chi connectivity index (χ2n) is 7.91. The summed E-state index contributed by atoms with van der Waals surface area (Å²) >= 11 is 6.15. The van der Waals surface area contributed by atoms with Gasteiger partial charge in [-0.15, -0.1) is 0 Å². The molecule has 2 aromatic rings. The number of benzene rings is 2. The van der Waals surface area contributed by atoms with Crippen molar-refractivity contribution in [2.24, 2.45) is 5.92 Å². The molecule has 0 radical (unpaired) electrons. The molecule has 2 amide bonds. The van der Waals surface area contributed by atoms with Crippen LogP contribution >= 0.6 is 11.6 Å². The van der Waals surface area contributed by atoms with Gasteiger partial charge in [-0.25, -0.2) is 0 Å². The SMILES string of the molecule is C[C@H](CCc1ccccc1)NC(=O)CC1CCN(C(=O)c2ccccc2Cl)CC1. The van der Waals surface area contributed by atoms with E-state index in [1.54, 1.807) is 12.1 Å². The maximum atomic E-state index is 12.6. The Morgan fingerprint density at radius 1 is 1.07 bits per heavy atom. The molecule has 154 valence electrons. The molecular formula is C24H29ClN2O2. The second kappa shape index (κ2) is 10.4. The van der Waals surface area contributed by atoms with E-state index in [9.17, 15) is 9.59 Å². The number of nitrogens with zero attached hydrogens (tertiary/aromatic N) is 1. The Labute approximate surface area is 178 Å². The van der Waals surface area contributed by atoms with Crippen LogP contribution in [-0.2, 0) is 11.2 Å². The van der Waals surface area contributed by atoms with E-state index in [2.05, 4.69) is 24.4 Å². The molecule has 3 rings (SSSR count). The number of likely N-dealkylation sites (tertiary alicyclic amines) is 1. The van der Waals surface area contributed by atoms with E-state index in [0.29, 0.717) is 36.0 Å². The monoisotopic (exact) mass is 412 g/mol. The van der Waals surface area contributed by atoms with Crippen LogP contribution in [-0.4, -0.2) is 35.8 Å². The molecule has 1 atom stereocenters. The Morgan fingerprint density at radius 2 is 1.72 bits per heavy atom. The quantitative estimate of drug-likeness (QED) is 0.715. The fraction of sp³-hybridized carbons (Fsp3) is 0.417. The number of piperidine rings is 1. The summed E-state index contributed by atoms with van der Waals surface area (Å²) in [4.78, 5) is 26.9. The van der Waals surface area contributed by atoms with Crippen LogP contribution in [0.1, 0.15) is 48.5 Å². The van der Waals surface area contributed by atoms with Crippen molar-refractivity contribution in [3.63, 3.8) is 0 Å². The molecule has 0 aliphatic carbocycles. The van der Waals surface area contributed by atoms with E-state index in [-0.39, 0.29) is 17.9 Å². The molecule has 1 N–H and O–H groups in total. The van der Waals surface area contributed by atoms with Gasteiger partial charge in [-0.1, -0.05) is 54.1 Å². The van der Waals surface area contributed by atoms with Crippen molar-refractivity contribution >= 4 is 23.4 Å². The lowest BCUT2D eigenvalue weighted by Gasteiger charge is -2.32. The zero-order chi connectivity index (χ0) is 20.6. The van der Waals surface area contributed by atoms with Gasteiger partial charge in [0.1, 0.15) is 0 Å². The minimum atomic E-state index is -0.0203. The first-order valence-corrected chi connectivity index (χ1v) is 10.8. The summed E-state index contributed by atoms with van der Waals surface area (Å²) in [5.74, 6) is 0.418. The highest BCUT2D eigenvalue weighted by molar-refractivity contribution is 6.33. The number of amides is 2. The Hall–Kier alpha value is -2.33. The van der Waals surface area contributed by atoms with E-state index in [1.165, 1.54) is 5.56 Å². The number of halogens is 1. The highest BCUT2D eigenvalue weighted by Crippen LogP contribution is 2.24. The average Bonchev–Trinajstić information content (AvgIpc) is 2.73. The number of carbonyl (C=O) groups excluding carboxylic acids is 2. The Bertz CT molecular complexity index is 817. The van der Waals surface area contributed by atoms with Crippen LogP contribution in [0.15, 0.2) is 54.6 Å². The number of carbonyl (C=O) groups is 2. The van der Waals surface area contributed by atoms with Gasteiger partial charge in [0.25, 0.3) is 5.91 Å². The lowest BCUT2D eigenvalue weighted by atomic mass is 9.92. The predicted molar refractivity (Wildman–Crippen MR) is 117 cm³/mol. The average molecular weight is 413 g/mol. The lowest BCUT2D eigenvalue weighted by Crippen LogP contribution is -2.40. The number of hydrogen-bond donors (Lipinski definition) is 1. The van der Waals surface area contributed by atoms with Gasteiger partial charge in [0.2, 0.25) is 5.91 Å². The normalized spacial score (nSPS) is 15.7. The third-order valence-electron chi connectivity index (χ3n) is 5.60. The first-order chi connectivity index (χ1) is 14.0. The van der Waals surface area contributed by atoms with Crippen LogP contribution in [0.5, 0.6) is 0 Å². The maximum absolute atomic E-state index is 12.6. The van der Waals surface area contributed by atoms with Crippen molar-refractivity contribution in [2.75, 3.05) is 13.1 Å². The van der Waals surface area contributed by atoms with E-state index in [1.807, 2.05) is 35.2 Å². The summed E-state index contributed by atoms with van der Waals surface area (Å²) in [5.41, 5.74) is 1.85. The van der Waals surface area contributed by atoms with Crippen molar-refractivity contribution in [3.8, 4) is 0 Å². The van der Waals surface area contributed by atoms with Gasteiger partial charge < -0.3 is 10.2 Å². The van der Waals surface area contributed by atoms with Gasteiger partial charge in [-0.05, 0) is 56.2 Å². The van der Waals surface area contributed by atoms with E-state index < -0.39 is 0 Å². The minimum absolute atomic E-state index is 0.0203. The number of nitrogens with one attached hydrogen (secondary N) is 1. The van der Waals surface area contributed by atoms with Gasteiger partial charge in [0.05, 0.1) is 10.6 Å². The zero-order valence-electron chi connectivity index (χ0n) is 16.9. The highest BCUT2D eigenvalue weighted by Gasteiger charge is 2.26. The molecular weight excluding hydrogens is 384 g/mol. The Morgan fingerprint density at radius 3 is 2.41 bits per heavy atom. The third-order valence-corrected chi connectivity index (χ3v) is 5.93. The standard InChI is InChI=1S/C24H29ClN2O2/c1-18(11-12-19-7-3-2-4-8-19)26-23(28)17-20-13-15-27(16-14-20)24(29)21-9-5-6-10-22(21)25/h2-10,18,20H,11-17H2,1H3,(H,26,28)/t18-/m1/s1. The fourth-order valence-corrected chi connectivity index (χ4v) is 4.06. The summed E-state index contributed by atoms with van der Waals surface area (Å²) in [6.07, 6.45) is 4.12. The van der Waals surface area contributed by atoms with Gasteiger partial charge in [0.15, 0.2) is 0 Å². The van der Waals surface area contributed by atoms with Crippen LogP contribution < -0.4 is 5.32 Å². The topological polar surface area (TPSA) is 49.4 Å². The molecule has 0 spiro atoms. The van der Waals surface area contributed by atoms with Crippen molar-refractivity contribution in [1.82, 2.24) is 10.2 Å². The molecule has 1 aliphatic heterocycles. The first-order valence-electron chi connectivity index (χ1n) is 10.4. The molecule has 1 fully saturated rings. The Kier molecular flexibility index (Phi) is 7.70. The summed E-state index contributed by atoms with van der Waals surface area (Å²) in [5, 5.41) is 3.62. The van der Waals surface area contributed by atoms with Crippen molar-refractivity contribution < 1.29 is 9.59 Å². The van der Waals surface area contributed by atoms with Crippen molar-refractivity contribution in [3.05, 3.63) is 70.7 Å². The van der Waals surface area contributed by atoms with Crippen molar-refractivity contribution in [2.45, 2.75) is 45.1 Å². The van der Waals surface area contributed by atoms with Crippen LogP contribution in [0.4, 0.5) is 0 Å². The van der Waals surface area contributed by atoms with E-state index in [4.69, 9.17) is 11.6 Å². The molecule has 1 aliphatic rings. The van der Waals surface area contributed by atoms with Crippen LogP contribution in [0.2, 0.25) is 5.02 Å². The van der Waals surface area contributed by atoms with E-state index >= 15 is 0 Å². The molecule has 5 heteroatoms. The van der Waals surface area contributed by atoms with Crippen LogP contribution in [0.25, 0.3) is 0 Å². The summed E-state index contributed by atoms with van der Waals surface area (Å²) in [7, 11) is 0. The second-order valence-corrected chi connectivity index (χ2v) is 8.32.